The van der Waals surface area contributed by atoms with Crippen molar-refractivity contribution in [1.82, 2.24) is 19.5 Å². The van der Waals surface area contributed by atoms with Crippen LogP contribution in [-0.4, -0.2) is 34.2 Å². The van der Waals surface area contributed by atoms with E-state index in [2.05, 4.69) is 51.3 Å². The third kappa shape index (κ3) is 3.78. The summed E-state index contributed by atoms with van der Waals surface area (Å²) < 4.78 is 27.9. The number of nitrogens with one attached hydrogen (secondary N) is 1. The number of aromatic nitrogens is 4. The molecule has 1 aliphatic rings. The van der Waals surface area contributed by atoms with Gasteiger partial charge in [0.05, 0.1) is 46.9 Å². The Kier molecular flexibility index (Phi) is 4.82. The molecule has 8 heteroatoms. The molecule has 5 rings (SSSR count). The summed E-state index contributed by atoms with van der Waals surface area (Å²) in [4.78, 5) is 14.1. The summed E-state index contributed by atoms with van der Waals surface area (Å²) in [7, 11) is -3.36. The smallest absolute Gasteiger partial charge is 0.229 e. The van der Waals surface area contributed by atoms with Crippen LogP contribution in [0.1, 0.15) is 36.8 Å². The van der Waals surface area contributed by atoms with E-state index in [0.717, 1.165) is 51.8 Å². The number of hydrogen-bond donors (Lipinski definition) is 1. The largest absolute Gasteiger partial charge is 0.328 e. The number of imidazole rings is 1. The van der Waals surface area contributed by atoms with E-state index in [-0.39, 0.29) is 0 Å². The van der Waals surface area contributed by atoms with Crippen molar-refractivity contribution in [3.8, 4) is 11.3 Å². The Labute approximate surface area is 186 Å². The average Bonchev–Trinajstić information content (AvgIpc) is 3.36. The topological polar surface area (TPSA) is 89.8 Å². The number of hydrogen-bond acceptors (Lipinski definition) is 5. The van der Waals surface area contributed by atoms with Gasteiger partial charge >= 0.3 is 0 Å². The van der Waals surface area contributed by atoms with Crippen molar-refractivity contribution in [2.24, 2.45) is 0 Å². The lowest BCUT2D eigenvalue weighted by molar-refractivity contribution is 0.607. The van der Waals surface area contributed by atoms with E-state index in [1.54, 1.807) is 24.4 Å². The van der Waals surface area contributed by atoms with E-state index in [4.69, 9.17) is 4.98 Å². The molecule has 0 saturated carbocycles. The van der Waals surface area contributed by atoms with E-state index in [0.29, 0.717) is 17.4 Å². The number of benzene rings is 2. The van der Waals surface area contributed by atoms with Gasteiger partial charge in [-0.1, -0.05) is 24.3 Å². The number of fused-ring (bicyclic) bond motifs is 2. The number of rotatable bonds is 5. The minimum Gasteiger partial charge on any atom is -0.328 e. The zero-order valence-corrected chi connectivity index (χ0v) is 18.9. The molecule has 0 saturated heterocycles. The quantitative estimate of drug-likeness (QED) is 0.491. The molecule has 4 aromatic rings. The van der Waals surface area contributed by atoms with Crippen LogP contribution in [0, 0.1) is 0 Å². The maximum absolute atomic E-state index is 11.6. The highest BCUT2D eigenvalue weighted by atomic mass is 32.2. The van der Waals surface area contributed by atoms with Gasteiger partial charge in [-0.3, -0.25) is 9.71 Å². The van der Waals surface area contributed by atoms with Crippen molar-refractivity contribution in [1.29, 1.82) is 0 Å². The SMILES string of the molecule is CC(C)n1cnc2ccc(C3=CCc4ncc(-c5cccc(NS(C)(=O)=O)c5)nc43)cc21. The molecule has 1 aliphatic carbocycles. The normalized spacial score (nSPS) is 13.4. The molecule has 0 bridgehead atoms. The monoisotopic (exact) mass is 445 g/mol. The molecular formula is C24H23N5O2S. The lowest BCUT2D eigenvalue weighted by atomic mass is 10.0. The molecule has 2 aromatic heterocycles. The molecule has 7 nitrogen and oxygen atoms in total. The highest BCUT2D eigenvalue weighted by Gasteiger charge is 2.21. The average molecular weight is 446 g/mol. The van der Waals surface area contributed by atoms with E-state index < -0.39 is 10.0 Å². The molecule has 0 fully saturated rings. The van der Waals surface area contributed by atoms with Crippen LogP contribution >= 0.6 is 0 Å². The molecule has 0 unspecified atom stereocenters. The number of sulfonamides is 1. The Morgan fingerprint density at radius 1 is 1.06 bits per heavy atom. The first-order chi connectivity index (χ1) is 15.3. The Bertz CT molecular complexity index is 1490. The highest BCUT2D eigenvalue weighted by molar-refractivity contribution is 7.92. The maximum atomic E-state index is 11.6. The predicted octanol–water partition coefficient (Wildman–Crippen LogP) is 4.43. The van der Waals surface area contributed by atoms with Crippen LogP contribution in [-0.2, 0) is 16.4 Å². The van der Waals surface area contributed by atoms with Crippen LogP contribution in [0.25, 0.3) is 27.9 Å². The molecule has 0 amide bonds. The fourth-order valence-corrected chi connectivity index (χ4v) is 4.58. The Balaban J connectivity index is 1.54. The van der Waals surface area contributed by atoms with Gasteiger partial charge in [-0.2, -0.15) is 0 Å². The van der Waals surface area contributed by atoms with Crippen LogP contribution in [0.4, 0.5) is 5.69 Å². The Morgan fingerprint density at radius 2 is 1.91 bits per heavy atom. The van der Waals surface area contributed by atoms with E-state index in [9.17, 15) is 8.42 Å². The van der Waals surface area contributed by atoms with Crippen molar-refractivity contribution in [2.45, 2.75) is 26.3 Å². The molecule has 2 heterocycles. The van der Waals surface area contributed by atoms with Crippen LogP contribution in [0.15, 0.2) is 61.1 Å². The standard InChI is InChI=1S/C24H23N5O2S/c1-15(2)29-14-26-20-9-7-16(12-23(20)29)19-8-10-21-24(19)27-22(13-25-21)17-5-4-6-18(11-17)28-32(3,30)31/h4-9,11-15,28H,10H2,1-3H3. The Morgan fingerprint density at radius 3 is 2.69 bits per heavy atom. The van der Waals surface area contributed by atoms with Gasteiger partial charge in [0.1, 0.15) is 0 Å². The van der Waals surface area contributed by atoms with Crippen LogP contribution in [0.3, 0.4) is 0 Å². The fourth-order valence-electron chi connectivity index (χ4n) is 4.03. The predicted molar refractivity (Wildman–Crippen MR) is 127 cm³/mol. The minimum absolute atomic E-state index is 0.319. The first-order valence-corrected chi connectivity index (χ1v) is 12.3. The second-order valence-corrected chi connectivity index (χ2v) is 10.0. The molecule has 162 valence electrons. The third-order valence-electron chi connectivity index (χ3n) is 5.51. The molecule has 2 aromatic carbocycles. The maximum Gasteiger partial charge on any atom is 0.229 e. The fraction of sp³-hybridized carbons (Fsp3) is 0.208. The summed E-state index contributed by atoms with van der Waals surface area (Å²) in [6, 6.07) is 13.8. The highest BCUT2D eigenvalue weighted by Crippen LogP contribution is 2.34. The van der Waals surface area contributed by atoms with Crippen molar-refractivity contribution in [2.75, 3.05) is 11.0 Å². The lowest BCUT2D eigenvalue weighted by Crippen LogP contribution is -2.09. The zero-order chi connectivity index (χ0) is 22.5. The number of anilines is 1. The van der Waals surface area contributed by atoms with Crippen molar-refractivity contribution in [3.05, 3.63) is 78.0 Å². The van der Waals surface area contributed by atoms with E-state index >= 15 is 0 Å². The summed E-state index contributed by atoms with van der Waals surface area (Å²) in [6.07, 6.45) is 7.65. The molecule has 1 N–H and O–H groups in total. The van der Waals surface area contributed by atoms with Crippen molar-refractivity contribution >= 4 is 32.3 Å². The van der Waals surface area contributed by atoms with E-state index in [1.165, 1.54) is 0 Å². The van der Waals surface area contributed by atoms with Crippen molar-refractivity contribution < 1.29 is 8.42 Å². The van der Waals surface area contributed by atoms with Crippen LogP contribution < -0.4 is 4.72 Å². The summed E-state index contributed by atoms with van der Waals surface area (Å²) in [5.74, 6) is 0. The second-order valence-electron chi connectivity index (χ2n) is 8.28. The van der Waals surface area contributed by atoms with Gasteiger partial charge in [-0.15, -0.1) is 0 Å². The van der Waals surface area contributed by atoms with Gasteiger partial charge < -0.3 is 4.57 Å². The summed E-state index contributed by atoms with van der Waals surface area (Å²) in [5.41, 5.74) is 7.99. The Hall–Kier alpha value is -3.52. The van der Waals surface area contributed by atoms with Gasteiger partial charge in [-0.05, 0) is 43.7 Å². The van der Waals surface area contributed by atoms with Gasteiger partial charge in [0.15, 0.2) is 0 Å². The van der Waals surface area contributed by atoms with Crippen LogP contribution in [0.5, 0.6) is 0 Å². The summed E-state index contributed by atoms with van der Waals surface area (Å²) in [5, 5.41) is 0. The molecular weight excluding hydrogens is 422 g/mol. The van der Waals surface area contributed by atoms with Gasteiger partial charge in [0.2, 0.25) is 10.0 Å². The van der Waals surface area contributed by atoms with Gasteiger partial charge in [0, 0.05) is 29.3 Å². The van der Waals surface area contributed by atoms with Crippen molar-refractivity contribution in [3.63, 3.8) is 0 Å². The zero-order valence-electron chi connectivity index (χ0n) is 18.1. The van der Waals surface area contributed by atoms with Gasteiger partial charge in [0.25, 0.3) is 0 Å². The van der Waals surface area contributed by atoms with Gasteiger partial charge in [-0.25, -0.2) is 18.4 Å². The molecule has 0 atom stereocenters. The first kappa shape index (κ1) is 20.4. The summed E-state index contributed by atoms with van der Waals surface area (Å²) >= 11 is 0. The summed E-state index contributed by atoms with van der Waals surface area (Å²) in [6.45, 7) is 4.28. The molecule has 0 spiro atoms. The third-order valence-corrected chi connectivity index (χ3v) is 6.11. The molecule has 0 radical (unpaired) electrons. The molecule has 32 heavy (non-hydrogen) atoms. The lowest BCUT2D eigenvalue weighted by Gasteiger charge is -2.11. The van der Waals surface area contributed by atoms with E-state index in [1.807, 2.05) is 18.5 Å². The van der Waals surface area contributed by atoms with Crippen LogP contribution in [0.2, 0.25) is 0 Å². The number of allylic oxidation sites excluding steroid dienone is 1. The molecule has 0 aliphatic heterocycles. The number of nitrogens with zero attached hydrogens (tertiary/aromatic N) is 4. The second kappa shape index (κ2) is 7.56. The minimum atomic E-state index is -3.36. The first-order valence-electron chi connectivity index (χ1n) is 10.4.